The summed E-state index contributed by atoms with van der Waals surface area (Å²) >= 11 is 1.54. The first-order valence-corrected chi connectivity index (χ1v) is 9.59. The molecule has 3 heterocycles. The van der Waals surface area contributed by atoms with E-state index >= 15 is 0 Å². The lowest BCUT2D eigenvalue weighted by Gasteiger charge is -2.25. The fourth-order valence-electron chi connectivity index (χ4n) is 2.96. The van der Waals surface area contributed by atoms with Crippen molar-refractivity contribution in [2.75, 3.05) is 11.9 Å². The molecule has 0 saturated carbocycles. The van der Waals surface area contributed by atoms with Gasteiger partial charge in [0.15, 0.2) is 11.5 Å². The number of hydrogen-bond acceptors (Lipinski definition) is 6. The number of ether oxygens (including phenoxy) is 2. The van der Waals surface area contributed by atoms with Crippen LogP contribution in [0.4, 0.5) is 5.69 Å². The van der Waals surface area contributed by atoms with E-state index in [9.17, 15) is 4.79 Å². The highest BCUT2D eigenvalue weighted by molar-refractivity contribution is 7.21. The number of carbonyl (C=O) groups is 1. The number of carbonyl (C=O) groups excluding carboxylic acids is 1. The number of thiazole rings is 1. The lowest BCUT2D eigenvalue weighted by molar-refractivity contribution is -0.125. The topological polar surface area (TPSA) is 73.3 Å². The minimum Gasteiger partial charge on any atom is -0.485 e. The molecule has 2 aromatic heterocycles. The molecular weight excluding hydrogens is 374 g/mol. The molecule has 4 aromatic rings. The van der Waals surface area contributed by atoms with Crippen molar-refractivity contribution in [2.24, 2.45) is 0 Å². The van der Waals surface area contributed by atoms with Crippen molar-refractivity contribution in [2.45, 2.75) is 6.10 Å². The maximum atomic E-state index is 12.5. The first-order chi connectivity index (χ1) is 13.8. The third-order valence-electron chi connectivity index (χ3n) is 4.37. The van der Waals surface area contributed by atoms with Gasteiger partial charge in [-0.25, -0.2) is 9.97 Å². The van der Waals surface area contributed by atoms with Crippen LogP contribution in [0, 0.1) is 0 Å². The molecular formula is C21H15N3O3S. The second-order valence-electron chi connectivity index (χ2n) is 6.28. The van der Waals surface area contributed by atoms with E-state index < -0.39 is 6.10 Å². The molecule has 1 unspecified atom stereocenters. The second-order valence-corrected chi connectivity index (χ2v) is 7.26. The van der Waals surface area contributed by atoms with Crippen molar-refractivity contribution in [1.29, 1.82) is 0 Å². The highest BCUT2D eigenvalue weighted by Crippen LogP contribution is 2.32. The number of benzene rings is 2. The van der Waals surface area contributed by atoms with Gasteiger partial charge in [0.2, 0.25) is 6.10 Å². The fourth-order valence-corrected chi connectivity index (χ4v) is 3.87. The number of rotatable bonds is 3. The van der Waals surface area contributed by atoms with Gasteiger partial charge >= 0.3 is 0 Å². The summed E-state index contributed by atoms with van der Waals surface area (Å²) in [7, 11) is 0. The van der Waals surface area contributed by atoms with E-state index in [0.29, 0.717) is 17.2 Å². The molecule has 0 radical (unpaired) electrons. The maximum Gasteiger partial charge on any atom is 0.269 e. The SMILES string of the molecule is O=C(Nc1ccc(-c2nc3cccnc3s2)cc1)C1COc2ccccc2O1. The highest BCUT2D eigenvalue weighted by Gasteiger charge is 2.27. The molecule has 0 spiro atoms. The predicted molar refractivity (Wildman–Crippen MR) is 108 cm³/mol. The largest absolute Gasteiger partial charge is 0.485 e. The first-order valence-electron chi connectivity index (χ1n) is 8.78. The van der Waals surface area contributed by atoms with E-state index in [1.165, 1.54) is 0 Å². The van der Waals surface area contributed by atoms with E-state index in [1.807, 2.05) is 54.6 Å². The molecule has 0 bridgehead atoms. The van der Waals surface area contributed by atoms with E-state index in [-0.39, 0.29) is 12.5 Å². The van der Waals surface area contributed by atoms with Crippen molar-refractivity contribution in [1.82, 2.24) is 9.97 Å². The zero-order valence-electron chi connectivity index (χ0n) is 14.7. The van der Waals surface area contributed by atoms with Gasteiger partial charge in [0.05, 0.1) is 0 Å². The number of amides is 1. The summed E-state index contributed by atoms with van der Waals surface area (Å²) in [4.78, 5) is 22.3. The third-order valence-corrected chi connectivity index (χ3v) is 5.40. The average Bonchev–Trinajstić information content (AvgIpc) is 3.18. The molecule has 1 atom stereocenters. The molecule has 1 aliphatic heterocycles. The lowest BCUT2D eigenvalue weighted by atomic mass is 10.2. The monoisotopic (exact) mass is 389 g/mol. The summed E-state index contributed by atoms with van der Waals surface area (Å²) < 4.78 is 11.3. The Morgan fingerprint density at radius 3 is 2.68 bits per heavy atom. The van der Waals surface area contributed by atoms with Gasteiger partial charge in [0.1, 0.15) is 22.0 Å². The Kier molecular flexibility index (Phi) is 4.14. The summed E-state index contributed by atoms with van der Waals surface area (Å²) in [6.07, 6.45) is 1.07. The molecule has 1 N–H and O–H groups in total. The minimum absolute atomic E-state index is 0.180. The molecule has 6 nitrogen and oxygen atoms in total. The fraction of sp³-hybridized carbons (Fsp3) is 0.0952. The predicted octanol–water partition coefficient (Wildman–Crippen LogP) is 4.14. The normalized spacial score (nSPS) is 15.4. The zero-order valence-corrected chi connectivity index (χ0v) is 15.5. The molecule has 28 heavy (non-hydrogen) atoms. The molecule has 138 valence electrons. The lowest BCUT2D eigenvalue weighted by Crippen LogP contribution is -2.40. The molecule has 0 aliphatic carbocycles. The van der Waals surface area contributed by atoms with Gasteiger partial charge in [-0.2, -0.15) is 0 Å². The number of aromatic nitrogens is 2. The second kappa shape index (κ2) is 6.94. The highest BCUT2D eigenvalue weighted by atomic mass is 32.1. The Morgan fingerprint density at radius 1 is 1.04 bits per heavy atom. The minimum atomic E-state index is -0.690. The van der Waals surface area contributed by atoms with Crippen molar-refractivity contribution in [3.63, 3.8) is 0 Å². The van der Waals surface area contributed by atoms with E-state index in [1.54, 1.807) is 23.6 Å². The number of para-hydroxylation sites is 2. The summed E-state index contributed by atoms with van der Waals surface area (Å²) in [6.45, 7) is 0.180. The van der Waals surface area contributed by atoms with Crippen LogP contribution in [0.2, 0.25) is 0 Å². The van der Waals surface area contributed by atoms with Crippen LogP contribution in [0.1, 0.15) is 0 Å². The Hall–Kier alpha value is -3.45. The quantitative estimate of drug-likeness (QED) is 0.570. The number of nitrogens with one attached hydrogen (secondary N) is 1. The van der Waals surface area contributed by atoms with Gasteiger partial charge in [0.25, 0.3) is 5.91 Å². The van der Waals surface area contributed by atoms with Crippen LogP contribution in [0.15, 0.2) is 66.9 Å². The smallest absolute Gasteiger partial charge is 0.269 e. The molecule has 0 saturated heterocycles. The van der Waals surface area contributed by atoms with Crippen LogP contribution >= 0.6 is 11.3 Å². The van der Waals surface area contributed by atoms with E-state index in [4.69, 9.17) is 9.47 Å². The van der Waals surface area contributed by atoms with Crippen LogP contribution in [-0.4, -0.2) is 28.6 Å². The standard InChI is InChI=1S/C21H15N3O3S/c25-19(18-12-26-16-5-1-2-6-17(16)27-18)23-14-9-7-13(8-10-14)20-24-15-4-3-11-22-21(15)28-20/h1-11,18H,12H2,(H,23,25). The van der Waals surface area contributed by atoms with Gasteiger partial charge < -0.3 is 14.8 Å². The summed E-state index contributed by atoms with van der Waals surface area (Å²) in [5, 5.41) is 3.77. The van der Waals surface area contributed by atoms with Crippen LogP contribution in [0.5, 0.6) is 11.5 Å². The summed E-state index contributed by atoms with van der Waals surface area (Å²) in [5.41, 5.74) is 2.55. The van der Waals surface area contributed by atoms with Gasteiger partial charge in [-0.3, -0.25) is 4.79 Å². The zero-order chi connectivity index (χ0) is 18.9. The number of fused-ring (bicyclic) bond motifs is 2. The molecule has 5 rings (SSSR count). The number of nitrogens with zero attached hydrogens (tertiary/aromatic N) is 2. The summed E-state index contributed by atoms with van der Waals surface area (Å²) in [6, 6.07) is 18.7. The Morgan fingerprint density at radius 2 is 1.86 bits per heavy atom. The van der Waals surface area contributed by atoms with Crippen LogP contribution in [-0.2, 0) is 4.79 Å². The molecule has 7 heteroatoms. The van der Waals surface area contributed by atoms with Crippen molar-refractivity contribution >= 4 is 33.3 Å². The molecule has 1 amide bonds. The van der Waals surface area contributed by atoms with Crippen molar-refractivity contribution in [3.05, 3.63) is 66.9 Å². The van der Waals surface area contributed by atoms with Gasteiger partial charge in [-0.05, 0) is 48.5 Å². The van der Waals surface area contributed by atoms with Crippen molar-refractivity contribution in [3.8, 4) is 22.1 Å². The van der Waals surface area contributed by atoms with Gasteiger partial charge in [0, 0.05) is 17.4 Å². The van der Waals surface area contributed by atoms with Crippen LogP contribution in [0.25, 0.3) is 20.9 Å². The number of pyridine rings is 1. The van der Waals surface area contributed by atoms with Gasteiger partial charge in [-0.1, -0.05) is 23.5 Å². The van der Waals surface area contributed by atoms with Crippen LogP contribution in [0.3, 0.4) is 0 Å². The Balaban J connectivity index is 1.29. The molecule has 1 aliphatic rings. The Bertz CT molecular complexity index is 1120. The average molecular weight is 389 g/mol. The van der Waals surface area contributed by atoms with E-state index in [0.717, 1.165) is 20.9 Å². The van der Waals surface area contributed by atoms with Gasteiger partial charge in [-0.15, -0.1) is 0 Å². The summed E-state index contributed by atoms with van der Waals surface area (Å²) in [5.74, 6) is 0.987. The molecule has 0 fully saturated rings. The van der Waals surface area contributed by atoms with Crippen molar-refractivity contribution < 1.29 is 14.3 Å². The van der Waals surface area contributed by atoms with E-state index in [2.05, 4.69) is 15.3 Å². The third kappa shape index (κ3) is 3.16. The maximum absolute atomic E-state index is 12.5. The van der Waals surface area contributed by atoms with Crippen LogP contribution < -0.4 is 14.8 Å². The number of anilines is 1. The first kappa shape index (κ1) is 16.7. The molecule has 2 aromatic carbocycles. The number of hydrogen-bond donors (Lipinski definition) is 1. The Labute approximate surface area is 164 Å².